The van der Waals surface area contributed by atoms with Crippen LogP contribution in [0.4, 0.5) is 0 Å². The van der Waals surface area contributed by atoms with E-state index in [9.17, 15) is 4.79 Å². The van der Waals surface area contributed by atoms with Crippen LogP contribution in [0.15, 0.2) is 24.4 Å². The Morgan fingerprint density at radius 2 is 1.85 bits per heavy atom. The molecule has 0 spiro atoms. The highest BCUT2D eigenvalue weighted by atomic mass is 35.5. The van der Waals surface area contributed by atoms with Crippen molar-refractivity contribution < 1.29 is 4.79 Å². The summed E-state index contributed by atoms with van der Waals surface area (Å²) >= 11 is 6.00. The van der Waals surface area contributed by atoms with E-state index in [1.807, 2.05) is 6.07 Å². The Bertz CT molecular complexity index is 845. The summed E-state index contributed by atoms with van der Waals surface area (Å²) < 4.78 is 0. The fraction of sp³-hybridized carbons (Fsp3) is 0.550. The van der Waals surface area contributed by atoms with E-state index in [1.165, 1.54) is 12.8 Å². The molecular weight excluding hydrogens is 348 g/mol. The second kappa shape index (κ2) is 6.46. The number of hydrogen-bond donors (Lipinski definition) is 0. The van der Waals surface area contributed by atoms with E-state index in [4.69, 9.17) is 16.6 Å². The number of fused-ring (bicyclic) bond motifs is 1. The number of nitrogens with zero attached hydrogens (tertiary/aromatic N) is 4. The first-order valence-electron chi connectivity index (χ1n) is 9.66. The lowest BCUT2D eigenvalue weighted by Gasteiger charge is -2.35. The number of halogens is 1. The van der Waals surface area contributed by atoms with Crippen LogP contribution in [0.1, 0.15) is 43.7 Å². The number of amides is 1. The minimum atomic E-state index is 0.116. The summed E-state index contributed by atoms with van der Waals surface area (Å²) in [6, 6.07) is 6.74. The predicted molar refractivity (Wildman–Crippen MR) is 101 cm³/mol. The molecule has 6 heteroatoms. The number of carbonyl (C=O) groups excluding carboxylic acids is 1. The molecule has 26 heavy (non-hydrogen) atoms. The molecular formula is C20H23ClN4O. The van der Waals surface area contributed by atoms with Gasteiger partial charge in [-0.15, -0.1) is 0 Å². The largest absolute Gasteiger partial charge is 0.338 e. The Kier molecular flexibility index (Phi) is 4.09. The zero-order valence-corrected chi connectivity index (χ0v) is 15.5. The number of likely N-dealkylation sites (tertiary alicyclic amines) is 2. The van der Waals surface area contributed by atoms with Crippen LogP contribution in [-0.2, 0) is 4.79 Å². The maximum absolute atomic E-state index is 12.7. The van der Waals surface area contributed by atoms with Crippen molar-refractivity contribution in [2.24, 2.45) is 0 Å². The highest BCUT2D eigenvalue weighted by Gasteiger charge is 2.43. The summed E-state index contributed by atoms with van der Waals surface area (Å²) in [5, 5.41) is 1.62. The fourth-order valence-electron chi connectivity index (χ4n) is 4.51. The Morgan fingerprint density at radius 1 is 1.04 bits per heavy atom. The maximum Gasteiger partial charge on any atom is 0.240 e. The van der Waals surface area contributed by atoms with Crippen molar-refractivity contribution in [2.75, 3.05) is 19.6 Å². The summed E-state index contributed by atoms with van der Waals surface area (Å²) in [6.45, 7) is 2.91. The van der Waals surface area contributed by atoms with Crippen LogP contribution in [0.25, 0.3) is 11.0 Å². The van der Waals surface area contributed by atoms with Gasteiger partial charge in [0.1, 0.15) is 0 Å². The van der Waals surface area contributed by atoms with Crippen molar-refractivity contribution in [1.82, 2.24) is 19.8 Å². The smallest absolute Gasteiger partial charge is 0.240 e. The van der Waals surface area contributed by atoms with E-state index in [2.05, 4.69) is 26.9 Å². The number of aromatic nitrogens is 2. The Balaban J connectivity index is 1.25. The van der Waals surface area contributed by atoms with Crippen molar-refractivity contribution in [1.29, 1.82) is 0 Å². The molecule has 1 unspecified atom stereocenters. The first-order chi connectivity index (χ1) is 12.7. The molecule has 1 amide bonds. The third-order valence-corrected chi connectivity index (χ3v) is 6.32. The molecule has 4 heterocycles. The van der Waals surface area contributed by atoms with Crippen molar-refractivity contribution in [3.8, 4) is 0 Å². The second-order valence-corrected chi connectivity index (χ2v) is 8.25. The van der Waals surface area contributed by atoms with Crippen LogP contribution in [0.2, 0.25) is 5.02 Å². The first-order valence-corrected chi connectivity index (χ1v) is 10.0. The zero-order valence-electron chi connectivity index (χ0n) is 14.8. The van der Waals surface area contributed by atoms with Crippen LogP contribution in [0.5, 0.6) is 0 Å². The molecule has 3 fully saturated rings. The lowest BCUT2D eigenvalue weighted by molar-refractivity contribution is -0.133. The van der Waals surface area contributed by atoms with Crippen LogP contribution in [0.3, 0.4) is 0 Å². The second-order valence-electron chi connectivity index (χ2n) is 7.81. The van der Waals surface area contributed by atoms with Gasteiger partial charge in [-0.3, -0.25) is 9.69 Å². The summed E-state index contributed by atoms with van der Waals surface area (Å²) in [6.07, 6.45) is 7.17. The van der Waals surface area contributed by atoms with Crippen molar-refractivity contribution >= 4 is 28.5 Å². The van der Waals surface area contributed by atoms with E-state index in [-0.39, 0.29) is 6.04 Å². The zero-order chi connectivity index (χ0) is 17.7. The molecule has 0 aromatic carbocycles. The average molecular weight is 371 g/mol. The van der Waals surface area contributed by atoms with Gasteiger partial charge in [0.05, 0.1) is 11.1 Å². The molecule has 0 radical (unpaired) electrons. The van der Waals surface area contributed by atoms with Crippen molar-refractivity contribution in [3.63, 3.8) is 0 Å². The van der Waals surface area contributed by atoms with Crippen LogP contribution in [-0.4, -0.2) is 57.4 Å². The summed E-state index contributed by atoms with van der Waals surface area (Å²) in [7, 11) is 0. The average Bonchev–Trinajstić information content (AvgIpc) is 3.43. The predicted octanol–water partition coefficient (Wildman–Crippen LogP) is 3.23. The van der Waals surface area contributed by atoms with Crippen molar-refractivity contribution in [3.05, 3.63) is 35.1 Å². The number of pyridine rings is 2. The first kappa shape index (κ1) is 16.5. The summed E-state index contributed by atoms with van der Waals surface area (Å²) in [5.41, 5.74) is 1.88. The summed E-state index contributed by atoms with van der Waals surface area (Å²) in [4.78, 5) is 26.3. The highest BCUT2D eigenvalue weighted by molar-refractivity contribution is 6.31. The van der Waals surface area contributed by atoms with Gasteiger partial charge in [-0.25, -0.2) is 9.97 Å². The lowest BCUT2D eigenvalue weighted by Crippen LogP contribution is -2.45. The van der Waals surface area contributed by atoms with E-state index in [1.54, 1.807) is 6.20 Å². The Hall–Kier alpha value is -1.72. The third kappa shape index (κ3) is 2.97. The molecule has 2 aromatic rings. The van der Waals surface area contributed by atoms with E-state index in [0.29, 0.717) is 22.9 Å². The summed E-state index contributed by atoms with van der Waals surface area (Å²) in [5.74, 6) is 0.819. The van der Waals surface area contributed by atoms with Crippen molar-refractivity contribution in [2.45, 2.75) is 50.1 Å². The van der Waals surface area contributed by atoms with Gasteiger partial charge < -0.3 is 4.90 Å². The molecule has 2 saturated heterocycles. The van der Waals surface area contributed by atoms with Gasteiger partial charge in [-0.1, -0.05) is 11.6 Å². The fourth-order valence-corrected chi connectivity index (χ4v) is 4.67. The molecule has 1 saturated carbocycles. The molecule has 5 nitrogen and oxygen atoms in total. The number of piperidine rings is 1. The quantitative estimate of drug-likeness (QED) is 0.832. The minimum absolute atomic E-state index is 0.116. The van der Waals surface area contributed by atoms with Gasteiger partial charge in [-0.2, -0.15) is 0 Å². The Labute approximate surface area is 158 Å². The normalized spacial score (nSPS) is 25.3. The standard InChI is InChI=1S/C20H23ClN4O/c21-15-11-14-1-4-17(23-19(14)22-12-15)13-5-8-24(9-6-13)18-7-10-25(20(18)26)16-2-3-16/h1,4,11-13,16,18H,2-3,5-10H2. The molecule has 1 aliphatic carbocycles. The van der Waals surface area contributed by atoms with Gasteiger partial charge in [0.15, 0.2) is 5.65 Å². The van der Waals surface area contributed by atoms with Gasteiger partial charge in [0.2, 0.25) is 5.91 Å². The third-order valence-electron chi connectivity index (χ3n) is 6.12. The molecule has 2 aromatic heterocycles. The van der Waals surface area contributed by atoms with Crippen LogP contribution in [0, 0.1) is 0 Å². The highest BCUT2D eigenvalue weighted by Crippen LogP contribution is 2.34. The van der Waals surface area contributed by atoms with E-state index in [0.717, 1.165) is 55.6 Å². The molecule has 136 valence electrons. The van der Waals surface area contributed by atoms with Gasteiger partial charge in [-0.05, 0) is 63.4 Å². The molecule has 1 atom stereocenters. The van der Waals surface area contributed by atoms with Crippen LogP contribution < -0.4 is 0 Å². The Morgan fingerprint density at radius 3 is 2.62 bits per heavy atom. The molecule has 3 aliphatic rings. The van der Waals surface area contributed by atoms with Gasteiger partial charge in [0.25, 0.3) is 0 Å². The SMILES string of the molecule is O=C1C(N2CCC(c3ccc4cc(Cl)cnc4n3)CC2)CCN1C1CC1. The molecule has 0 bridgehead atoms. The number of rotatable bonds is 3. The van der Waals surface area contributed by atoms with Gasteiger partial charge in [0, 0.05) is 35.8 Å². The monoisotopic (exact) mass is 370 g/mol. The lowest BCUT2D eigenvalue weighted by atomic mass is 9.92. The van der Waals surface area contributed by atoms with E-state index < -0.39 is 0 Å². The molecule has 5 rings (SSSR count). The maximum atomic E-state index is 12.7. The number of carbonyl (C=O) groups is 1. The van der Waals surface area contributed by atoms with Crippen LogP contribution >= 0.6 is 11.6 Å². The minimum Gasteiger partial charge on any atom is -0.338 e. The van der Waals surface area contributed by atoms with Gasteiger partial charge >= 0.3 is 0 Å². The molecule has 0 N–H and O–H groups in total. The van der Waals surface area contributed by atoms with E-state index >= 15 is 0 Å². The molecule has 2 aliphatic heterocycles. The topological polar surface area (TPSA) is 49.3 Å². The number of hydrogen-bond acceptors (Lipinski definition) is 4.